The molecule has 1 aromatic carbocycles. The third-order valence-corrected chi connectivity index (χ3v) is 3.50. The first-order chi connectivity index (χ1) is 7.10. The monoisotopic (exact) mass is 221 g/mol. The lowest BCUT2D eigenvalue weighted by molar-refractivity contribution is 0.151. The molecule has 1 N–H and O–H groups in total. The highest BCUT2D eigenvalue weighted by Crippen LogP contribution is 2.46. The molecule has 0 radical (unpaired) electrons. The maximum Gasteiger partial charge on any atom is 0.0899 e. The summed E-state index contributed by atoms with van der Waals surface area (Å²) in [5.74, 6) is 0. The third kappa shape index (κ3) is 1.29. The van der Waals surface area contributed by atoms with E-state index in [4.69, 9.17) is 11.6 Å². The number of halogens is 1. The minimum Gasteiger partial charge on any atom is -0.385 e. The van der Waals surface area contributed by atoms with Crippen molar-refractivity contribution in [3.63, 3.8) is 0 Å². The van der Waals surface area contributed by atoms with E-state index in [0.717, 1.165) is 34.3 Å². The number of aliphatic hydroxyl groups is 1. The predicted octanol–water partition coefficient (Wildman–Crippen LogP) is 2.81. The Hall–Kier alpha value is -0.990. The van der Waals surface area contributed by atoms with E-state index in [1.54, 1.807) is 0 Å². The minimum atomic E-state index is -0.565. The van der Waals surface area contributed by atoms with Gasteiger partial charge in [0.05, 0.1) is 10.6 Å². The number of fused-ring (bicyclic) bond motifs is 1. The summed E-state index contributed by atoms with van der Waals surface area (Å²) in [6.07, 6.45) is 3.64. The molecular formula is C12H12ClNO. The molecule has 3 rings (SSSR count). The van der Waals surface area contributed by atoms with Crippen LogP contribution in [0.15, 0.2) is 24.4 Å². The summed E-state index contributed by atoms with van der Waals surface area (Å²) >= 11 is 6.08. The van der Waals surface area contributed by atoms with Crippen molar-refractivity contribution in [1.82, 2.24) is 4.57 Å². The fraction of sp³-hybridized carbons (Fsp3) is 0.333. The highest BCUT2D eigenvalue weighted by Gasteiger charge is 2.42. The summed E-state index contributed by atoms with van der Waals surface area (Å²) in [7, 11) is 1.97. The van der Waals surface area contributed by atoms with Crippen molar-refractivity contribution in [2.75, 3.05) is 0 Å². The maximum atomic E-state index is 10.0. The van der Waals surface area contributed by atoms with Crippen molar-refractivity contribution < 1.29 is 5.11 Å². The highest BCUT2D eigenvalue weighted by atomic mass is 35.5. The van der Waals surface area contributed by atoms with E-state index in [2.05, 4.69) is 0 Å². The number of aryl methyl sites for hydroxylation is 1. The maximum absolute atomic E-state index is 10.0. The normalized spacial score (nSPS) is 18.3. The summed E-state index contributed by atoms with van der Waals surface area (Å²) in [6, 6.07) is 6.00. The Balaban J connectivity index is 2.25. The van der Waals surface area contributed by atoms with Gasteiger partial charge in [-0.1, -0.05) is 23.7 Å². The van der Waals surface area contributed by atoms with Gasteiger partial charge in [0.1, 0.15) is 0 Å². The van der Waals surface area contributed by atoms with Gasteiger partial charge in [0.15, 0.2) is 0 Å². The number of hydrogen-bond acceptors (Lipinski definition) is 1. The molecule has 1 aliphatic rings. The lowest BCUT2D eigenvalue weighted by atomic mass is 10.1. The van der Waals surface area contributed by atoms with Crippen LogP contribution in [0.25, 0.3) is 10.9 Å². The molecule has 0 aliphatic heterocycles. The molecule has 0 bridgehead atoms. The van der Waals surface area contributed by atoms with Crippen LogP contribution in [0.3, 0.4) is 0 Å². The van der Waals surface area contributed by atoms with E-state index < -0.39 is 5.60 Å². The molecule has 3 heteroatoms. The smallest absolute Gasteiger partial charge is 0.0899 e. The van der Waals surface area contributed by atoms with Crippen molar-refractivity contribution in [2.24, 2.45) is 7.05 Å². The van der Waals surface area contributed by atoms with Gasteiger partial charge in [0.25, 0.3) is 0 Å². The molecule has 1 fully saturated rings. The van der Waals surface area contributed by atoms with E-state index in [9.17, 15) is 5.11 Å². The molecule has 78 valence electrons. The van der Waals surface area contributed by atoms with Crippen LogP contribution in [0.5, 0.6) is 0 Å². The molecule has 1 heterocycles. The lowest BCUT2D eigenvalue weighted by Gasteiger charge is -2.08. The van der Waals surface area contributed by atoms with Gasteiger partial charge in [-0.15, -0.1) is 0 Å². The van der Waals surface area contributed by atoms with Crippen LogP contribution in [0.4, 0.5) is 0 Å². The second-order valence-corrected chi connectivity index (χ2v) is 4.76. The van der Waals surface area contributed by atoms with Crippen LogP contribution in [0.1, 0.15) is 18.4 Å². The van der Waals surface area contributed by atoms with Gasteiger partial charge < -0.3 is 9.67 Å². The molecule has 0 spiro atoms. The van der Waals surface area contributed by atoms with E-state index in [1.807, 2.05) is 36.0 Å². The zero-order chi connectivity index (χ0) is 10.6. The minimum absolute atomic E-state index is 0.565. The van der Waals surface area contributed by atoms with E-state index in [1.165, 1.54) is 0 Å². The van der Waals surface area contributed by atoms with Crippen molar-refractivity contribution in [3.8, 4) is 0 Å². The number of benzene rings is 1. The Kier molecular flexibility index (Phi) is 1.71. The van der Waals surface area contributed by atoms with Crippen molar-refractivity contribution in [3.05, 3.63) is 35.0 Å². The summed E-state index contributed by atoms with van der Waals surface area (Å²) in [5.41, 5.74) is 1.52. The Bertz CT molecular complexity index is 540. The molecule has 1 saturated carbocycles. The van der Waals surface area contributed by atoms with E-state index >= 15 is 0 Å². The van der Waals surface area contributed by atoms with Crippen LogP contribution in [0, 0.1) is 0 Å². The number of aromatic nitrogens is 1. The molecular weight excluding hydrogens is 210 g/mol. The molecule has 0 unspecified atom stereocenters. The van der Waals surface area contributed by atoms with Gasteiger partial charge in [-0.05, 0) is 24.5 Å². The highest BCUT2D eigenvalue weighted by molar-refractivity contribution is 6.35. The summed E-state index contributed by atoms with van der Waals surface area (Å²) < 4.78 is 1.99. The summed E-state index contributed by atoms with van der Waals surface area (Å²) in [4.78, 5) is 0. The first-order valence-electron chi connectivity index (χ1n) is 5.08. The van der Waals surface area contributed by atoms with Crippen LogP contribution < -0.4 is 0 Å². The molecule has 0 atom stereocenters. The number of hydrogen-bond donors (Lipinski definition) is 1. The topological polar surface area (TPSA) is 25.2 Å². The molecule has 1 aliphatic carbocycles. The van der Waals surface area contributed by atoms with Gasteiger partial charge in [0, 0.05) is 24.1 Å². The average molecular weight is 222 g/mol. The van der Waals surface area contributed by atoms with E-state index in [0.29, 0.717) is 0 Å². The molecule has 0 amide bonds. The Morgan fingerprint density at radius 2 is 2.13 bits per heavy atom. The molecule has 1 aromatic heterocycles. The van der Waals surface area contributed by atoms with Crippen LogP contribution >= 0.6 is 11.6 Å². The van der Waals surface area contributed by atoms with Crippen LogP contribution in [-0.4, -0.2) is 9.67 Å². The largest absolute Gasteiger partial charge is 0.385 e. The Labute approximate surface area is 93.1 Å². The summed E-state index contributed by atoms with van der Waals surface area (Å²) in [6.45, 7) is 0. The Morgan fingerprint density at radius 1 is 1.40 bits per heavy atom. The van der Waals surface area contributed by atoms with Crippen molar-refractivity contribution in [2.45, 2.75) is 18.4 Å². The van der Waals surface area contributed by atoms with Gasteiger partial charge in [-0.25, -0.2) is 0 Å². The fourth-order valence-corrected chi connectivity index (χ4v) is 2.34. The third-order valence-electron chi connectivity index (χ3n) is 3.20. The zero-order valence-corrected chi connectivity index (χ0v) is 9.25. The average Bonchev–Trinajstić information content (AvgIpc) is 2.90. The van der Waals surface area contributed by atoms with Gasteiger partial charge >= 0.3 is 0 Å². The second-order valence-electron chi connectivity index (χ2n) is 4.35. The van der Waals surface area contributed by atoms with Gasteiger partial charge in [-0.2, -0.15) is 0 Å². The van der Waals surface area contributed by atoms with Crippen LogP contribution in [0.2, 0.25) is 5.02 Å². The van der Waals surface area contributed by atoms with Gasteiger partial charge in [0.2, 0.25) is 0 Å². The molecule has 2 nitrogen and oxygen atoms in total. The molecule has 15 heavy (non-hydrogen) atoms. The fourth-order valence-electron chi connectivity index (χ4n) is 2.03. The van der Waals surface area contributed by atoms with Crippen molar-refractivity contribution >= 4 is 22.5 Å². The number of rotatable bonds is 1. The van der Waals surface area contributed by atoms with Crippen molar-refractivity contribution in [1.29, 1.82) is 0 Å². The standard InChI is InChI=1S/C12H12ClNO/c1-14-7-10(13)9-3-2-8(6-11(9)14)12(15)4-5-12/h2-3,6-7,15H,4-5H2,1H3. The quantitative estimate of drug-likeness (QED) is 0.787. The van der Waals surface area contributed by atoms with E-state index in [-0.39, 0.29) is 0 Å². The number of nitrogens with zero attached hydrogens (tertiary/aromatic N) is 1. The first-order valence-corrected chi connectivity index (χ1v) is 5.45. The predicted molar refractivity (Wildman–Crippen MR) is 61.1 cm³/mol. The molecule has 2 aromatic rings. The van der Waals surface area contributed by atoms with Crippen LogP contribution in [-0.2, 0) is 12.6 Å². The second kappa shape index (κ2) is 2.77. The zero-order valence-electron chi connectivity index (χ0n) is 8.50. The molecule has 0 saturated heterocycles. The lowest BCUT2D eigenvalue weighted by Crippen LogP contribution is -2.03. The SMILES string of the molecule is Cn1cc(Cl)c2ccc(C3(O)CC3)cc21. The summed E-state index contributed by atoms with van der Waals surface area (Å²) in [5, 5.41) is 11.8. The van der Waals surface area contributed by atoms with Gasteiger partial charge in [-0.3, -0.25) is 0 Å². The first kappa shape index (κ1) is 9.25. The Morgan fingerprint density at radius 3 is 2.80 bits per heavy atom.